The average molecular weight is 351 g/mol. The fraction of sp³-hybridized carbons (Fsp3) is 0.333. The van der Waals surface area contributed by atoms with Crippen LogP contribution < -0.4 is 4.90 Å². The average Bonchev–Trinajstić information content (AvgIpc) is 2.88. The zero-order chi connectivity index (χ0) is 18.1. The van der Waals surface area contributed by atoms with Gasteiger partial charge in [-0.2, -0.15) is 0 Å². The molecular weight excluding hydrogens is 329 g/mol. The van der Waals surface area contributed by atoms with Gasteiger partial charge in [-0.1, -0.05) is 31.2 Å². The second-order valence-corrected chi connectivity index (χ2v) is 7.16. The molecule has 0 aromatic heterocycles. The van der Waals surface area contributed by atoms with Crippen molar-refractivity contribution in [3.05, 3.63) is 59.9 Å². The van der Waals surface area contributed by atoms with Crippen LogP contribution in [0.1, 0.15) is 25.3 Å². The Hall–Kier alpha value is -2.53. The standard InChI is InChI=1S/C21H22FN3O/c1-15-6-5-11-24(13-15)14-25-19-10-3-2-9-18(19)20(21(25)26)23-17-8-4-7-16(22)12-17/h2-4,7-10,12,15H,5-6,11,13-14H2,1H3/t15-/m1/s1. The number of halogens is 1. The van der Waals surface area contributed by atoms with Gasteiger partial charge in [0.05, 0.1) is 18.0 Å². The Morgan fingerprint density at radius 1 is 1.19 bits per heavy atom. The number of anilines is 1. The van der Waals surface area contributed by atoms with E-state index in [0.29, 0.717) is 24.0 Å². The van der Waals surface area contributed by atoms with E-state index in [0.717, 1.165) is 30.8 Å². The van der Waals surface area contributed by atoms with Gasteiger partial charge in [-0.3, -0.25) is 14.6 Å². The van der Waals surface area contributed by atoms with E-state index >= 15 is 0 Å². The summed E-state index contributed by atoms with van der Waals surface area (Å²) in [5.74, 6) is 0.176. The van der Waals surface area contributed by atoms with E-state index in [1.165, 1.54) is 18.6 Å². The van der Waals surface area contributed by atoms with Gasteiger partial charge in [-0.15, -0.1) is 0 Å². The zero-order valence-corrected chi connectivity index (χ0v) is 14.9. The molecule has 0 bridgehead atoms. The summed E-state index contributed by atoms with van der Waals surface area (Å²) in [6.45, 7) is 4.83. The minimum Gasteiger partial charge on any atom is -0.293 e. The van der Waals surface area contributed by atoms with Crippen molar-refractivity contribution in [2.24, 2.45) is 10.9 Å². The van der Waals surface area contributed by atoms with Crippen LogP contribution >= 0.6 is 0 Å². The van der Waals surface area contributed by atoms with Crippen LogP contribution in [0.25, 0.3) is 0 Å². The molecule has 4 rings (SSSR count). The Morgan fingerprint density at radius 2 is 2.04 bits per heavy atom. The number of hydrogen-bond donors (Lipinski definition) is 0. The van der Waals surface area contributed by atoms with Gasteiger partial charge < -0.3 is 0 Å². The molecule has 2 aliphatic heterocycles. The van der Waals surface area contributed by atoms with Gasteiger partial charge >= 0.3 is 0 Å². The van der Waals surface area contributed by atoms with E-state index in [4.69, 9.17) is 0 Å². The molecule has 1 saturated heterocycles. The molecule has 4 nitrogen and oxygen atoms in total. The number of rotatable bonds is 3. The Balaban J connectivity index is 1.66. The van der Waals surface area contributed by atoms with Crippen molar-refractivity contribution >= 4 is 23.0 Å². The number of fused-ring (bicyclic) bond motifs is 1. The molecule has 0 aliphatic carbocycles. The molecule has 2 aliphatic rings. The zero-order valence-electron chi connectivity index (χ0n) is 14.9. The van der Waals surface area contributed by atoms with Gasteiger partial charge in [0.15, 0.2) is 0 Å². The molecule has 0 saturated carbocycles. The van der Waals surface area contributed by atoms with E-state index in [1.807, 2.05) is 24.3 Å². The second kappa shape index (κ2) is 7.00. The van der Waals surface area contributed by atoms with E-state index < -0.39 is 0 Å². The Bertz CT molecular complexity index is 864. The maximum atomic E-state index is 13.5. The SMILES string of the molecule is C[C@@H]1CCCN(CN2C(=O)C(=Nc3cccc(F)c3)c3ccccc32)C1. The topological polar surface area (TPSA) is 35.9 Å². The molecule has 2 aromatic rings. The van der Waals surface area contributed by atoms with Crippen LogP contribution in [0, 0.1) is 11.7 Å². The molecule has 0 unspecified atom stereocenters. The summed E-state index contributed by atoms with van der Waals surface area (Å²) < 4.78 is 13.5. The number of carbonyl (C=O) groups is 1. The molecule has 1 fully saturated rings. The highest BCUT2D eigenvalue weighted by atomic mass is 19.1. The smallest absolute Gasteiger partial charge is 0.278 e. The van der Waals surface area contributed by atoms with Crippen LogP contribution in [-0.4, -0.2) is 36.3 Å². The van der Waals surface area contributed by atoms with Gasteiger partial charge in [-0.05, 0) is 49.6 Å². The van der Waals surface area contributed by atoms with Crippen LogP contribution in [0.5, 0.6) is 0 Å². The molecule has 26 heavy (non-hydrogen) atoms. The third-order valence-electron chi connectivity index (χ3n) is 5.03. The van der Waals surface area contributed by atoms with Gasteiger partial charge in [0.1, 0.15) is 11.5 Å². The monoisotopic (exact) mass is 351 g/mol. The number of amides is 1. The van der Waals surface area contributed by atoms with E-state index in [9.17, 15) is 9.18 Å². The molecule has 0 spiro atoms. The summed E-state index contributed by atoms with van der Waals surface area (Å²) >= 11 is 0. The highest BCUT2D eigenvalue weighted by Gasteiger charge is 2.35. The lowest BCUT2D eigenvalue weighted by Gasteiger charge is -2.33. The molecule has 1 amide bonds. The number of para-hydroxylation sites is 1. The predicted octanol–water partition coefficient (Wildman–Crippen LogP) is 3.98. The summed E-state index contributed by atoms with van der Waals surface area (Å²) in [5, 5.41) is 0. The Labute approximate surface area is 153 Å². The highest BCUT2D eigenvalue weighted by molar-refractivity contribution is 6.54. The van der Waals surface area contributed by atoms with E-state index in [-0.39, 0.29) is 11.7 Å². The lowest BCUT2D eigenvalue weighted by molar-refractivity contribution is -0.112. The number of aliphatic imine (C=N–C) groups is 1. The number of likely N-dealkylation sites (tertiary alicyclic amines) is 1. The van der Waals surface area contributed by atoms with Crippen LogP contribution in [0.3, 0.4) is 0 Å². The molecule has 2 heterocycles. The lowest BCUT2D eigenvalue weighted by atomic mass is 10.0. The third kappa shape index (κ3) is 3.27. The van der Waals surface area contributed by atoms with Crippen molar-refractivity contribution in [2.75, 3.05) is 24.7 Å². The number of nitrogens with zero attached hydrogens (tertiary/aromatic N) is 3. The highest BCUT2D eigenvalue weighted by Crippen LogP contribution is 2.31. The number of benzene rings is 2. The van der Waals surface area contributed by atoms with Crippen LogP contribution in [-0.2, 0) is 4.79 Å². The third-order valence-corrected chi connectivity index (χ3v) is 5.03. The number of piperidine rings is 1. The normalized spacial score (nSPS) is 22.1. The molecule has 2 aromatic carbocycles. The Morgan fingerprint density at radius 3 is 2.85 bits per heavy atom. The summed E-state index contributed by atoms with van der Waals surface area (Å²) in [6.07, 6.45) is 2.41. The van der Waals surface area contributed by atoms with Crippen molar-refractivity contribution in [1.29, 1.82) is 0 Å². The molecular formula is C21H22FN3O. The van der Waals surface area contributed by atoms with E-state index in [2.05, 4.69) is 16.8 Å². The van der Waals surface area contributed by atoms with Crippen LogP contribution in [0.2, 0.25) is 0 Å². The number of hydrogen-bond acceptors (Lipinski definition) is 3. The first kappa shape index (κ1) is 16.9. The largest absolute Gasteiger partial charge is 0.293 e. The first-order chi connectivity index (χ1) is 12.6. The van der Waals surface area contributed by atoms with Gasteiger partial charge in [0.25, 0.3) is 5.91 Å². The minimum absolute atomic E-state index is 0.117. The van der Waals surface area contributed by atoms with Gasteiger partial charge in [0.2, 0.25) is 0 Å². The second-order valence-electron chi connectivity index (χ2n) is 7.16. The summed E-state index contributed by atoms with van der Waals surface area (Å²) in [7, 11) is 0. The fourth-order valence-electron chi connectivity index (χ4n) is 3.80. The van der Waals surface area contributed by atoms with Crippen LogP contribution in [0.15, 0.2) is 53.5 Å². The van der Waals surface area contributed by atoms with Crippen LogP contribution in [0.4, 0.5) is 15.8 Å². The quantitative estimate of drug-likeness (QED) is 0.838. The lowest BCUT2D eigenvalue weighted by Crippen LogP contribution is -2.45. The van der Waals surface area contributed by atoms with Gasteiger partial charge in [0, 0.05) is 12.1 Å². The first-order valence-electron chi connectivity index (χ1n) is 9.10. The minimum atomic E-state index is -0.357. The summed E-state index contributed by atoms with van der Waals surface area (Å²) in [5.41, 5.74) is 2.53. The summed E-state index contributed by atoms with van der Waals surface area (Å²) in [6, 6.07) is 13.7. The fourth-order valence-corrected chi connectivity index (χ4v) is 3.80. The van der Waals surface area contributed by atoms with Crippen molar-refractivity contribution in [2.45, 2.75) is 19.8 Å². The number of carbonyl (C=O) groups excluding carboxylic acids is 1. The molecule has 0 radical (unpaired) electrons. The Kier molecular flexibility index (Phi) is 4.55. The molecule has 134 valence electrons. The maximum Gasteiger partial charge on any atom is 0.278 e. The molecule has 0 N–H and O–H groups in total. The molecule has 1 atom stereocenters. The van der Waals surface area contributed by atoms with Gasteiger partial charge in [-0.25, -0.2) is 9.38 Å². The van der Waals surface area contributed by atoms with Crippen molar-refractivity contribution in [3.63, 3.8) is 0 Å². The van der Waals surface area contributed by atoms with Crippen molar-refractivity contribution in [1.82, 2.24) is 4.90 Å². The maximum absolute atomic E-state index is 13.5. The first-order valence-corrected chi connectivity index (χ1v) is 9.10. The predicted molar refractivity (Wildman–Crippen MR) is 101 cm³/mol. The van der Waals surface area contributed by atoms with E-state index in [1.54, 1.807) is 17.0 Å². The van der Waals surface area contributed by atoms with Crippen molar-refractivity contribution in [3.8, 4) is 0 Å². The summed E-state index contributed by atoms with van der Waals surface area (Å²) in [4.78, 5) is 21.7. The molecule has 5 heteroatoms. The van der Waals surface area contributed by atoms with Crippen molar-refractivity contribution < 1.29 is 9.18 Å².